The molecule has 2 aromatic carbocycles. The van der Waals surface area contributed by atoms with Gasteiger partial charge in [0, 0.05) is 24.7 Å². The predicted octanol–water partition coefficient (Wildman–Crippen LogP) is 3.07. The molecule has 0 aliphatic carbocycles. The van der Waals surface area contributed by atoms with Crippen molar-refractivity contribution in [2.45, 2.75) is 13.5 Å². The van der Waals surface area contributed by atoms with Crippen molar-refractivity contribution in [1.82, 2.24) is 10.2 Å². The van der Waals surface area contributed by atoms with Crippen molar-refractivity contribution >= 4 is 34.5 Å². The minimum Gasteiger partial charge on any atom is -0.493 e. The summed E-state index contributed by atoms with van der Waals surface area (Å²) in [5, 5.41) is 11.2. The number of nitrogens with zero attached hydrogens (tertiary/aromatic N) is 1. The molecule has 178 valence electrons. The van der Waals surface area contributed by atoms with Gasteiger partial charge in [0.05, 0.1) is 40.0 Å². The Hall–Kier alpha value is -3.27. The summed E-state index contributed by atoms with van der Waals surface area (Å²) >= 11 is 0. The van der Waals surface area contributed by atoms with Crippen LogP contribution < -0.4 is 24.3 Å². The number of rotatable bonds is 9. The molecule has 1 heterocycles. The van der Waals surface area contributed by atoms with E-state index in [-0.39, 0.29) is 41.1 Å². The highest BCUT2D eigenvalue weighted by molar-refractivity contribution is 8.93. The summed E-state index contributed by atoms with van der Waals surface area (Å²) in [7, 11) is 6.00. The maximum atomic E-state index is 13.0. The fourth-order valence-electron chi connectivity index (χ4n) is 3.66. The standard InChI is InChI=1S/C23H27N3O6.BrH/c1-6-32-18-9-14-11-26(22(24)15(14)10-16(18)23(28)25-2)12-17(27)13-7-19(29-3)21(31-5)20(8-13)30-4;/h7-10,24H,6,11-12H2,1-5H3,(H,25,28);1H. The van der Waals surface area contributed by atoms with E-state index in [1.165, 1.54) is 21.3 Å². The van der Waals surface area contributed by atoms with Crippen molar-refractivity contribution in [2.24, 2.45) is 0 Å². The lowest BCUT2D eigenvalue weighted by Gasteiger charge is -2.18. The van der Waals surface area contributed by atoms with E-state index in [9.17, 15) is 9.59 Å². The Morgan fingerprint density at radius 3 is 2.18 bits per heavy atom. The second kappa shape index (κ2) is 11.0. The van der Waals surface area contributed by atoms with Crippen LogP contribution in [0.2, 0.25) is 0 Å². The summed E-state index contributed by atoms with van der Waals surface area (Å²) in [6.07, 6.45) is 0. The fourth-order valence-corrected chi connectivity index (χ4v) is 3.66. The number of amides is 1. The molecule has 0 radical (unpaired) electrons. The number of carbonyl (C=O) groups excluding carboxylic acids is 2. The molecular weight excluding hydrogens is 494 g/mol. The van der Waals surface area contributed by atoms with Gasteiger partial charge in [-0.2, -0.15) is 0 Å². The van der Waals surface area contributed by atoms with E-state index in [0.29, 0.717) is 52.8 Å². The summed E-state index contributed by atoms with van der Waals surface area (Å²) in [5.74, 6) is 1.29. The number of benzene rings is 2. The Balaban J connectivity index is 0.00000385. The van der Waals surface area contributed by atoms with Gasteiger partial charge in [0.2, 0.25) is 5.75 Å². The zero-order chi connectivity index (χ0) is 23.4. The first-order valence-electron chi connectivity index (χ1n) is 10.1. The van der Waals surface area contributed by atoms with E-state index in [0.717, 1.165) is 5.56 Å². The van der Waals surface area contributed by atoms with E-state index in [4.69, 9.17) is 24.4 Å². The summed E-state index contributed by atoms with van der Waals surface area (Å²) in [6, 6.07) is 6.59. The van der Waals surface area contributed by atoms with Gasteiger partial charge in [0.25, 0.3) is 5.91 Å². The fraction of sp³-hybridized carbons (Fsp3) is 0.348. The van der Waals surface area contributed by atoms with Crippen LogP contribution in [0, 0.1) is 5.41 Å². The first-order valence-corrected chi connectivity index (χ1v) is 10.1. The molecule has 0 bridgehead atoms. The Bertz CT molecular complexity index is 1050. The minimum absolute atomic E-state index is 0. The van der Waals surface area contributed by atoms with Gasteiger partial charge in [-0.1, -0.05) is 0 Å². The van der Waals surface area contributed by atoms with E-state index in [1.54, 1.807) is 36.2 Å². The summed E-state index contributed by atoms with van der Waals surface area (Å²) in [5.41, 5.74) is 2.16. The number of hydrogen-bond acceptors (Lipinski definition) is 7. The zero-order valence-corrected chi connectivity index (χ0v) is 20.9. The smallest absolute Gasteiger partial charge is 0.254 e. The van der Waals surface area contributed by atoms with Crippen LogP contribution >= 0.6 is 17.0 Å². The van der Waals surface area contributed by atoms with Crippen molar-refractivity contribution in [3.05, 3.63) is 46.5 Å². The van der Waals surface area contributed by atoms with E-state index in [1.807, 2.05) is 6.92 Å². The molecule has 9 nitrogen and oxygen atoms in total. The van der Waals surface area contributed by atoms with Crippen molar-refractivity contribution in [2.75, 3.05) is 41.5 Å². The van der Waals surface area contributed by atoms with Crippen LogP contribution in [0.4, 0.5) is 0 Å². The van der Waals surface area contributed by atoms with E-state index >= 15 is 0 Å². The highest BCUT2D eigenvalue weighted by Crippen LogP contribution is 2.38. The van der Waals surface area contributed by atoms with Gasteiger partial charge in [0.15, 0.2) is 17.3 Å². The van der Waals surface area contributed by atoms with Crippen LogP contribution in [0.15, 0.2) is 24.3 Å². The average molecular weight is 522 g/mol. The molecule has 33 heavy (non-hydrogen) atoms. The second-order valence-corrected chi connectivity index (χ2v) is 7.06. The lowest BCUT2D eigenvalue weighted by molar-refractivity contribution is 0.0952. The SMILES string of the molecule is Br.CCOc1cc2c(cc1C(=O)NC)C(=N)N(CC(=O)c1cc(OC)c(OC)c(OC)c1)C2. The molecule has 2 N–H and O–H groups in total. The first-order chi connectivity index (χ1) is 15.4. The molecule has 1 aliphatic rings. The molecule has 10 heteroatoms. The number of amidine groups is 1. The third-order valence-corrected chi connectivity index (χ3v) is 5.23. The molecular formula is C23H28BrN3O6. The lowest BCUT2D eigenvalue weighted by Crippen LogP contribution is -2.30. The monoisotopic (exact) mass is 521 g/mol. The highest BCUT2D eigenvalue weighted by Gasteiger charge is 2.29. The van der Waals surface area contributed by atoms with E-state index < -0.39 is 0 Å². The second-order valence-electron chi connectivity index (χ2n) is 7.06. The van der Waals surface area contributed by atoms with Crippen molar-refractivity contribution < 1.29 is 28.5 Å². The maximum absolute atomic E-state index is 13.0. The largest absolute Gasteiger partial charge is 0.493 e. The number of Topliss-reactive ketones (excluding diaryl/α,β-unsaturated/α-hetero) is 1. The van der Waals surface area contributed by atoms with Gasteiger partial charge in [-0.05, 0) is 36.8 Å². The van der Waals surface area contributed by atoms with Gasteiger partial charge in [-0.3, -0.25) is 15.0 Å². The van der Waals surface area contributed by atoms with Gasteiger partial charge in [-0.15, -0.1) is 17.0 Å². The number of methoxy groups -OCH3 is 3. The highest BCUT2D eigenvalue weighted by atomic mass is 79.9. The Kier molecular flexibility index (Phi) is 8.69. The van der Waals surface area contributed by atoms with Crippen molar-refractivity contribution in [1.29, 1.82) is 5.41 Å². The molecule has 3 rings (SSSR count). The molecule has 0 atom stereocenters. The average Bonchev–Trinajstić information content (AvgIpc) is 3.11. The quantitative estimate of drug-likeness (QED) is 0.487. The van der Waals surface area contributed by atoms with Crippen LogP contribution in [0.1, 0.15) is 38.8 Å². The Labute approximate surface area is 203 Å². The van der Waals surface area contributed by atoms with Crippen LogP contribution in [0.25, 0.3) is 0 Å². The van der Waals surface area contributed by atoms with Gasteiger partial charge < -0.3 is 29.2 Å². The molecule has 0 spiro atoms. The van der Waals surface area contributed by atoms with Crippen LogP contribution in [-0.2, 0) is 6.54 Å². The lowest BCUT2D eigenvalue weighted by atomic mass is 10.0. The Morgan fingerprint density at radius 2 is 1.67 bits per heavy atom. The number of carbonyl (C=O) groups is 2. The molecule has 0 unspecified atom stereocenters. The van der Waals surface area contributed by atoms with Gasteiger partial charge in [0.1, 0.15) is 11.6 Å². The molecule has 0 saturated carbocycles. The molecule has 2 aromatic rings. The molecule has 1 aliphatic heterocycles. The van der Waals surface area contributed by atoms with Gasteiger partial charge in [-0.25, -0.2) is 0 Å². The van der Waals surface area contributed by atoms with Crippen molar-refractivity contribution in [3.8, 4) is 23.0 Å². The third-order valence-electron chi connectivity index (χ3n) is 5.23. The minimum atomic E-state index is -0.295. The molecule has 0 fully saturated rings. The van der Waals surface area contributed by atoms with Gasteiger partial charge >= 0.3 is 0 Å². The summed E-state index contributed by atoms with van der Waals surface area (Å²) < 4.78 is 21.6. The van der Waals surface area contributed by atoms with Crippen LogP contribution in [0.3, 0.4) is 0 Å². The predicted molar refractivity (Wildman–Crippen MR) is 129 cm³/mol. The number of ether oxygens (including phenoxy) is 4. The summed E-state index contributed by atoms with van der Waals surface area (Å²) in [6.45, 7) is 2.58. The number of fused-ring (bicyclic) bond motifs is 1. The number of ketones is 1. The van der Waals surface area contributed by atoms with Crippen molar-refractivity contribution in [3.63, 3.8) is 0 Å². The number of nitrogens with one attached hydrogen (secondary N) is 2. The normalized spacial score (nSPS) is 11.9. The topological polar surface area (TPSA) is 110 Å². The van der Waals surface area contributed by atoms with E-state index in [2.05, 4.69) is 5.32 Å². The maximum Gasteiger partial charge on any atom is 0.254 e. The third kappa shape index (κ3) is 5.05. The Morgan fingerprint density at radius 1 is 1.03 bits per heavy atom. The van der Waals surface area contributed by atoms with Crippen LogP contribution in [-0.4, -0.2) is 64.0 Å². The number of hydrogen-bond donors (Lipinski definition) is 2. The summed E-state index contributed by atoms with van der Waals surface area (Å²) in [4.78, 5) is 27.0. The van der Waals surface area contributed by atoms with Crippen LogP contribution in [0.5, 0.6) is 23.0 Å². The molecule has 1 amide bonds. The number of halogens is 1. The molecule has 0 aromatic heterocycles. The first kappa shape index (κ1) is 26.0. The zero-order valence-electron chi connectivity index (χ0n) is 19.2. The molecule has 0 saturated heterocycles.